The summed E-state index contributed by atoms with van der Waals surface area (Å²) in [6.45, 7) is 3.49. The summed E-state index contributed by atoms with van der Waals surface area (Å²) in [5.74, 6) is 0.0784. The van der Waals surface area contributed by atoms with E-state index in [1.807, 2.05) is 4.90 Å². The Morgan fingerprint density at radius 1 is 1.53 bits per heavy atom. The summed E-state index contributed by atoms with van der Waals surface area (Å²) in [4.78, 5) is 13.8. The number of aromatic amines is 1. The fourth-order valence-corrected chi connectivity index (χ4v) is 2.01. The molecule has 0 aromatic carbocycles. The summed E-state index contributed by atoms with van der Waals surface area (Å²) < 4.78 is 1.82. The Hall–Kier alpha value is -1.24. The monoisotopic (exact) mass is 227 g/mol. The Balaban J connectivity index is 2.14. The predicted molar refractivity (Wildman–Crippen MR) is 55.7 cm³/mol. The number of nitrogens with zero attached hydrogens (tertiary/aromatic N) is 4. The molecular weight excluding hydrogens is 214 g/mol. The molecule has 0 spiro atoms. The van der Waals surface area contributed by atoms with Crippen molar-refractivity contribution in [2.75, 3.05) is 13.1 Å². The van der Waals surface area contributed by atoms with Gasteiger partial charge < -0.3 is 4.90 Å². The first kappa shape index (κ1) is 10.3. The summed E-state index contributed by atoms with van der Waals surface area (Å²) in [5, 5.41) is 9.83. The van der Waals surface area contributed by atoms with Crippen LogP contribution >= 0.6 is 12.2 Å². The van der Waals surface area contributed by atoms with Gasteiger partial charge in [-0.05, 0) is 32.0 Å². The molecule has 1 aromatic rings. The molecule has 1 amide bonds. The number of hydrogen-bond donors (Lipinski definition) is 1. The minimum Gasteiger partial charge on any atom is -0.341 e. The lowest BCUT2D eigenvalue weighted by Gasteiger charge is -2.20. The highest BCUT2D eigenvalue weighted by Crippen LogP contribution is 2.14. The van der Waals surface area contributed by atoms with Crippen molar-refractivity contribution in [2.24, 2.45) is 0 Å². The van der Waals surface area contributed by atoms with Crippen LogP contribution in [0.15, 0.2) is 0 Å². The normalized spacial score (nSPS) is 18.1. The summed E-state index contributed by atoms with van der Waals surface area (Å²) in [6.07, 6.45) is 2.18. The third-order valence-electron chi connectivity index (χ3n) is 2.66. The van der Waals surface area contributed by atoms with Crippen LogP contribution in [0.4, 0.5) is 0 Å². The molecule has 1 atom stereocenters. The van der Waals surface area contributed by atoms with Gasteiger partial charge in [-0.1, -0.05) is 10.3 Å². The number of H-pyrrole nitrogens is 1. The van der Waals surface area contributed by atoms with Crippen LogP contribution in [-0.2, 0) is 4.79 Å². The smallest absolute Gasteiger partial charge is 0.247 e. The molecule has 82 valence electrons. The van der Waals surface area contributed by atoms with Crippen molar-refractivity contribution in [3.05, 3.63) is 4.77 Å². The molecule has 1 aliphatic rings. The highest BCUT2D eigenvalue weighted by molar-refractivity contribution is 7.71. The molecule has 7 heteroatoms. The molecule has 15 heavy (non-hydrogen) atoms. The van der Waals surface area contributed by atoms with Crippen LogP contribution < -0.4 is 0 Å². The first-order chi connectivity index (χ1) is 7.20. The largest absolute Gasteiger partial charge is 0.341 e. The minimum atomic E-state index is -0.342. The van der Waals surface area contributed by atoms with Crippen molar-refractivity contribution in [3.63, 3.8) is 0 Å². The van der Waals surface area contributed by atoms with Gasteiger partial charge in [0.2, 0.25) is 10.7 Å². The van der Waals surface area contributed by atoms with Gasteiger partial charge in [0, 0.05) is 13.1 Å². The zero-order chi connectivity index (χ0) is 10.8. The molecule has 2 heterocycles. The molecule has 1 unspecified atom stereocenters. The number of tetrazole rings is 1. The predicted octanol–water partition coefficient (Wildman–Crippen LogP) is 0.519. The van der Waals surface area contributed by atoms with Crippen molar-refractivity contribution in [1.29, 1.82) is 0 Å². The molecule has 0 radical (unpaired) electrons. The molecule has 0 bridgehead atoms. The van der Waals surface area contributed by atoms with Crippen LogP contribution in [0, 0.1) is 4.77 Å². The molecule has 1 aromatic heterocycles. The topological polar surface area (TPSA) is 66.8 Å². The maximum absolute atomic E-state index is 12.0. The number of hydrogen-bond acceptors (Lipinski definition) is 4. The maximum Gasteiger partial charge on any atom is 0.247 e. The molecule has 1 saturated heterocycles. The molecule has 1 aliphatic heterocycles. The Morgan fingerprint density at radius 2 is 2.20 bits per heavy atom. The van der Waals surface area contributed by atoms with E-state index in [0.29, 0.717) is 4.77 Å². The number of likely N-dealkylation sites (tertiary alicyclic amines) is 1. The third-order valence-corrected chi connectivity index (χ3v) is 2.93. The maximum atomic E-state index is 12.0. The lowest BCUT2D eigenvalue weighted by Crippen LogP contribution is -2.34. The highest BCUT2D eigenvalue weighted by atomic mass is 32.1. The van der Waals surface area contributed by atoms with E-state index >= 15 is 0 Å². The number of rotatable bonds is 2. The number of amides is 1. The van der Waals surface area contributed by atoms with E-state index in [1.54, 1.807) is 6.92 Å². The second-order valence-electron chi connectivity index (χ2n) is 3.66. The molecule has 0 aliphatic carbocycles. The van der Waals surface area contributed by atoms with Crippen LogP contribution in [0.2, 0.25) is 0 Å². The standard InChI is InChI=1S/C8H13N5OS/c1-6(13-8(15)9-10-11-13)7(14)12-4-2-3-5-12/h6H,2-5H2,1H3,(H,9,11,15). The highest BCUT2D eigenvalue weighted by Gasteiger charge is 2.25. The number of nitrogens with one attached hydrogen (secondary N) is 1. The lowest BCUT2D eigenvalue weighted by atomic mass is 10.3. The van der Waals surface area contributed by atoms with E-state index < -0.39 is 0 Å². The van der Waals surface area contributed by atoms with Gasteiger partial charge >= 0.3 is 0 Å². The van der Waals surface area contributed by atoms with Gasteiger partial charge in [0.05, 0.1) is 0 Å². The number of carbonyl (C=O) groups is 1. The summed E-state index contributed by atoms with van der Waals surface area (Å²) in [7, 11) is 0. The Kier molecular flexibility index (Phi) is 2.81. The van der Waals surface area contributed by atoms with E-state index in [4.69, 9.17) is 12.2 Å². The van der Waals surface area contributed by atoms with Gasteiger partial charge in [-0.15, -0.1) is 0 Å². The molecular formula is C8H13N5OS. The quantitative estimate of drug-likeness (QED) is 0.748. The number of carbonyl (C=O) groups excluding carboxylic acids is 1. The Bertz CT molecular complexity index is 405. The van der Waals surface area contributed by atoms with Gasteiger partial charge in [-0.2, -0.15) is 5.21 Å². The van der Waals surface area contributed by atoms with Crippen LogP contribution in [0.3, 0.4) is 0 Å². The number of aromatic nitrogens is 4. The summed E-state index contributed by atoms with van der Waals surface area (Å²) in [5.41, 5.74) is 0. The van der Waals surface area contributed by atoms with E-state index in [9.17, 15) is 4.79 Å². The fraction of sp³-hybridized carbons (Fsp3) is 0.750. The fourth-order valence-electron chi connectivity index (χ4n) is 1.77. The summed E-state index contributed by atoms with van der Waals surface area (Å²) in [6, 6.07) is -0.342. The molecule has 1 fully saturated rings. The second-order valence-corrected chi connectivity index (χ2v) is 4.03. The molecule has 2 rings (SSSR count). The van der Waals surface area contributed by atoms with Gasteiger partial charge in [0.1, 0.15) is 6.04 Å². The van der Waals surface area contributed by atoms with E-state index in [1.165, 1.54) is 4.68 Å². The van der Waals surface area contributed by atoms with E-state index in [2.05, 4.69) is 15.5 Å². The van der Waals surface area contributed by atoms with Gasteiger partial charge in [0.15, 0.2) is 0 Å². The lowest BCUT2D eigenvalue weighted by molar-refractivity contribution is -0.133. The zero-order valence-electron chi connectivity index (χ0n) is 8.51. The molecule has 1 N–H and O–H groups in total. The SMILES string of the molecule is CC(C(=O)N1CCCC1)n1[nH]nnc1=S. The van der Waals surface area contributed by atoms with Crippen molar-refractivity contribution in [2.45, 2.75) is 25.8 Å². The first-order valence-corrected chi connectivity index (χ1v) is 5.39. The zero-order valence-corrected chi connectivity index (χ0v) is 9.33. The Labute approximate surface area is 92.2 Å². The van der Waals surface area contributed by atoms with Gasteiger partial charge in [-0.25, -0.2) is 4.68 Å². The average molecular weight is 227 g/mol. The second kappa shape index (κ2) is 4.09. The van der Waals surface area contributed by atoms with Crippen LogP contribution in [0.5, 0.6) is 0 Å². The van der Waals surface area contributed by atoms with Crippen molar-refractivity contribution in [3.8, 4) is 0 Å². The van der Waals surface area contributed by atoms with Crippen molar-refractivity contribution in [1.82, 2.24) is 25.1 Å². The van der Waals surface area contributed by atoms with Gasteiger partial charge in [-0.3, -0.25) is 4.79 Å². The van der Waals surface area contributed by atoms with E-state index in [-0.39, 0.29) is 11.9 Å². The van der Waals surface area contributed by atoms with Crippen LogP contribution in [-0.4, -0.2) is 44.1 Å². The van der Waals surface area contributed by atoms with Crippen LogP contribution in [0.25, 0.3) is 0 Å². The molecule has 6 nitrogen and oxygen atoms in total. The third kappa shape index (κ3) is 1.92. The molecule has 0 saturated carbocycles. The average Bonchev–Trinajstić information content (AvgIpc) is 2.85. The Morgan fingerprint density at radius 3 is 2.73 bits per heavy atom. The minimum absolute atomic E-state index is 0.0784. The first-order valence-electron chi connectivity index (χ1n) is 4.98. The van der Waals surface area contributed by atoms with Crippen molar-refractivity contribution < 1.29 is 4.79 Å². The van der Waals surface area contributed by atoms with Crippen molar-refractivity contribution >= 4 is 18.1 Å². The van der Waals surface area contributed by atoms with Gasteiger partial charge in [0.25, 0.3) is 0 Å². The summed E-state index contributed by atoms with van der Waals surface area (Å²) >= 11 is 4.94. The van der Waals surface area contributed by atoms with Crippen LogP contribution in [0.1, 0.15) is 25.8 Å². The van der Waals surface area contributed by atoms with E-state index in [0.717, 1.165) is 25.9 Å².